The number of halogens is 1. The molecule has 0 radical (unpaired) electrons. The summed E-state index contributed by atoms with van der Waals surface area (Å²) in [5, 5.41) is 2.78. The van der Waals surface area contributed by atoms with Crippen molar-refractivity contribution >= 4 is 21.6 Å². The van der Waals surface area contributed by atoms with Gasteiger partial charge < -0.3 is 10.1 Å². The van der Waals surface area contributed by atoms with Crippen molar-refractivity contribution in [1.29, 1.82) is 0 Å². The van der Waals surface area contributed by atoms with Crippen molar-refractivity contribution in [3.63, 3.8) is 0 Å². The van der Waals surface area contributed by atoms with E-state index in [-0.39, 0.29) is 11.3 Å². The van der Waals surface area contributed by atoms with Gasteiger partial charge in [0.1, 0.15) is 17.6 Å². The van der Waals surface area contributed by atoms with Crippen molar-refractivity contribution in [2.45, 2.75) is 17.4 Å². The number of sulfonamides is 1. The van der Waals surface area contributed by atoms with E-state index in [0.29, 0.717) is 17.2 Å². The van der Waals surface area contributed by atoms with Crippen LogP contribution in [0.5, 0.6) is 11.5 Å². The summed E-state index contributed by atoms with van der Waals surface area (Å²) in [4.78, 5) is 13.2. The molecule has 1 amide bonds. The number of hydrogen-bond donors (Lipinski definition) is 2. The van der Waals surface area contributed by atoms with Gasteiger partial charge in [-0.3, -0.25) is 4.79 Å². The number of carbonyl (C=O) groups is 1. The van der Waals surface area contributed by atoms with Gasteiger partial charge in [0.25, 0.3) is 0 Å². The average molecular weight is 491 g/mol. The van der Waals surface area contributed by atoms with E-state index in [2.05, 4.69) is 10.0 Å². The van der Waals surface area contributed by atoms with Gasteiger partial charge in [-0.2, -0.15) is 4.72 Å². The zero-order valence-corrected chi connectivity index (χ0v) is 19.4. The fraction of sp³-hybridized carbons (Fsp3) is 0.0741. The number of rotatable bonds is 9. The molecule has 35 heavy (non-hydrogen) atoms. The van der Waals surface area contributed by atoms with Crippen LogP contribution in [0.15, 0.2) is 114 Å². The molecule has 178 valence electrons. The molecule has 0 fully saturated rings. The SMILES string of the molecule is O=C(Nc1ccccc1Oc1ccccc1)[C@@H](Cc1ccccc1)NS(=O)(=O)c1ccc(F)cc1. The Hall–Kier alpha value is -4.01. The molecule has 0 heterocycles. The molecule has 0 bridgehead atoms. The van der Waals surface area contributed by atoms with Crippen LogP contribution in [0.3, 0.4) is 0 Å². The molecule has 4 rings (SSSR count). The minimum atomic E-state index is -4.10. The minimum Gasteiger partial charge on any atom is -0.455 e. The van der Waals surface area contributed by atoms with E-state index in [1.807, 2.05) is 36.4 Å². The molecule has 1 atom stereocenters. The van der Waals surface area contributed by atoms with Gasteiger partial charge in [0.2, 0.25) is 15.9 Å². The maximum absolute atomic E-state index is 13.3. The van der Waals surface area contributed by atoms with Crippen LogP contribution in [0.4, 0.5) is 10.1 Å². The second kappa shape index (κ2) is 10.9. The number of para-hydroxylation sites is 3. The highest BCUT2D eigenvalue weighted by molar-refractivity contribution is 7.89. The number of hydrogen-bond acceptors (Lipinski definition) is 4. The minimum absolute atomic E-state index is 0.106. The lowest BCUT2D eigenvalue weighted by Gasteiger charge is -2.20. The van der Waals surface area contributed by atoms with Gasteiger partial charge in [-0.25, -0.2) is 12.8 Å². The molecule has 0 aliphatic heterocycles. The highest BCUT2D eigenvalue weighted by atomic mass is 32.2. The normalized spacial score (nSPS) is 12.0. The third-order valence-corrected chi connectivity index (χ3v) is 6.62. The molecule has 0 aliphatic carbocycles. The lowest BCUT2D eigenvalue weighted by Crippen LogP contribution is -2.45. The highest BCUT2D eigenvalue weighted by Crippen LogP contribution is 2.29. The van der Waals surface area contributed by atoms with Gasteiger partial charge in [-0.1, -0.05) is 60.7 Å². The van der Waals surface area contributed by atoms with Crippen molar-refractivity contribution in [1.82, 2.24) is 4.72 Å². The molecular formula is C27H23FN2O4S. The number of anilines is 1. The van der Waals surface area contributed by atoms with Gasteiger partial charge in [0.15, 0.2) is 5.75 Å². The second-order valence-electron chi connectivity index (χ2n) is 7.72. The molecular weight excluding hydrogens is 467 g/mol. The Labute approximate surface area is 203 Å². The Balaban J connectivity index is 1.59. The molecule has 0 aromatic heterocycles. The van der Waals surface area contributed by atoms with Crippen molar-refractivity contribution < 1.29 is 22.3 Å². The maximum atomic E-state index is 13.3. The molecule has 0 saturated carbocycles. The standard InChI is InChI=1S/C27H23FN2O4S/c28-21-15-17-23(18-16-21)35(32,33)30-25(19-20-9-3-1-4-10-20)27(31)29-24-13-7-8-14-26(24)34-22-11-5-2-6-12-22/h1-18,25,30H,19H2,(H,29,31)/t25-/m1/s1. The van der Waals surface area contributed by atoms with E-state index in [9.17, 15) is 17.6 Å². The van der Waals surface area contributed by atoms with Crippen molar-refractivity contribution in [3.8, 4) is 11.5 Å². The third-order valence-electron chi connectivity index (χ3n) is 5.14. The molecule has 4 aromatic carbocycles. The zero-order chi connectivity index (χ0) is 24.7. The monoisotopic (exact) mass is 490 g/mol. The lowest BCUT2D eigenvalue weighted by atomic mass is 10.1. The van der Waals surface area contributed by atoms with Crippen LogP contribution in [0.1, 0.15) is 5.56 Å². The Kier molecular flexibility index (Phi) is 7.54. The Morgan fingerprint density at radius 2 is 1.40 bits per heavy atom. The molecule has 0 aliphatic rings. The smallest absolute Gasteiger partial charge is 0.243 e. The van der Waals surface area contributed by atoms with Crippen LogP contribution in [0.25, 0.3) is 0 Å². The van der Waals surface area contributed by atoms with Gasteiger partial charge >= 0.3 is 0 Å². The lowest BCUT2D eigenvalue weighted by molar-refractivity contribution is -0.117. The van der Waals surface area contributed by atoms with Crippen molar-refractivity contribution in [3.05, 3.63) is 121 Å². The summed E-state index contributed by atoms with van der Waals surface area (Å²) in [5.41, 5.74) is 1.16. The van der Waals surface area contributed by atoms with Crippen LogP contribution in [-0.2, 0) is 21.2 Å². The summed E-state index contributed by atoms with van der Waals surface area (Å²) in [6.45, 7) is 0. The molecule has 0 spiro atoms. The van der Waals surface area contributed by atoms with E-state index in [0.717, 1.165) is 29.8 Å². The topological polar surface area (TPSA) is 84.5 Å². The van der Waals surface area contributed by atoms with Crippen molar-refractivity contribution in [2.75, 3.05) is 5.32 Å². The van der Waals surface area contributed by atoms with E-state index >= 15 is 0 Å². The summed E-state index contributed by atoms with van der Waals surface area (Å²) in [6.07, 6.45) is 0.106. The molecule has 4 aromatic rings. The van der Waals surface area contributed by atoms with Gasteiger partial charge in [0, 0.05) is 0 Å². The van der Waals surface area contributed by atoms with E-state index in [1.54, 1.807) is 48.5 Å². The van der Waals surface area contributed by atoms with Crippen LogP contribution >= 0.6 is 0 Å². The van der Waals surface area contributed by atoms with E-state index < -0.39 is 27.8 Å². The number of carbonyl (C=O) groups excluding carboxylic acids is 1. The predicted octanol–water partition coefficient (Wildman–Crippen LogP) is 5.15. The summed E-state index contributed by atoms with van der Waals surface area (Å²) in [6, 6.07) is 28.3. The molecule has 0 unspecified atom stereocenters. The molecule has 8 heteroatoms. The average Bonchev–Trinajstić information content (AvgIpc) is 2.86. The van der Waals surface area contributed by atoms with E-state index in [4.69, 9.17) is 4.74 Å². The van der Waals surface area contributed by atoms with E-state index in [1.165, 1.54) is 0 Å². The Bertz CT molecular complexity index is 1380. The first-order valence-electron chi connectivity index (χ1n) is 10.9. The molecule has 2 N–H and O–H groups in total. The van der Waals surface area contributed by atoms with Crippen LogP contribution < -0.4 is 14.8 Å². The number of benzene rings is 4. The largest absolute Gasteiger partial charge is 0.455 e. The van der Waals surface area contributed by atoms with Crippen LogP contribution in [0, 0.1) is 5.82 Å². The first kappa shape index (κ1) is 24.1. The number of amides is 1. The number of ether oxygens (including phenoxy) is 1. The Morgan fingerprint density at radius 3 is 2.09 bits per heavy atom. The molecule has 6 nitrogen and oxygen atoms in total. The third kappa shape index (κ3) is 6.53. The predicted molar refractivity (Wildman–Crippen MR) is 132 cm³/mol. The highest BCUT2D eigenvalue weighted by Gasteiger charge is 2.27. The second-order valence-corrected chi connectivity index (χ2v) is 9.43. The number of nitrogens with one attached hydrogen (secondary N) is 2. The fourth-order valence-electron chi connectivity index (χ4n) is 3.40. The fourth-order valence-corrected chi connectivity index (χ4v) is 4.60. The van der Waals surface area contributed by atoms with Crippen LogP contribution in [0.2, 0.25) is 0 Å². The summed E-state index contributed by atoms with van der Waals surface area (Å²) in [5.74, 6) is -0.125. The quantitative estimate of drug-likeness (QED) is 0.340. The Morgan fingerprint density at radius 1 is 0.800 bits per heavy atom. The summed E-state index contributed by atoms with van der Waals surface area (Å²) < 4.78 is 47.6. The van der Waals surface area contributed by atoms with Gasteiger partial charge in [-0.05, 0) is 60.5 Å². The van der Waals surface area contributed by atoms with Crippen molar-refractivity contribution in [2.24, 2.45) is 0 Å². The zero-order valence-electron chi connectivity index (χ0n) is 18.6. The van der Waals surface area contributed by atoms with Gasteiger partial charge in [-0.15, -0.1) is 0 Å². The molecule has 0 saturated heterocycles. The maximum Gasteiger partial charge on any atom is 0.243 e. The summed E-state index contributed by atoms with van der Waals surface area (Å²) >= 11 is 0. The van der Waals surface area contributed by atoms with Crippen LogP contribution in [-0.4, -0.2) is 20.4 Å². The first-order valence-corrected chi connectivity index (χ1v) is 12.3. The summed E-state index contributed by atoms with van der Waals surface area (Å²) in [7, 11) is -4.10. The van der Waals surface area contributed by atoms with Gasteiger partial charge in [0.05, 0.1) is 10.6 Å². The first-order chi connectivity index (χ1) is 16.9.